The van der Waals surface area contributed by atoms with Gasteiger partial charge in [-0.25, -0.2) is 4.98 Å². The standard InChI is InChI=1S/C17H11BrClN3OS/c18-11-5-6-14-15(8-11)24-17(21-14)22-16(23)13-4-2-1-3-10(13)7-12(19)9-20/h1-6,8,12H,7H2,(H,21,22,23). The van der Waals surface area contributed by atoms with E-state index in [1.165, 1.54) is 11.3 Å². The van der Waals surface area contributed by atoms with Gasteiger partial charge in [-0.1, -0.05) is 45.5 Å². The van der Waals surface area contributed by atoms with Crippen molar-refractivity contribution in [2.45, 2.75) is 11.8 Å². The van der Waals surface area contributed by atoms with E-state index in [0.29, 0.717) is 17.1 Å². The lowest BCUT2D eigenvalue weighted by Gasteiger charge is -2.09. The molecule has 0 bridgehead atoms. The molecule has 4 nitrogen and oxygen atoms in total. The number of nitrogens with zero attached hydrogens (tertiary/aromatic N) is 2. The Bertz CT molecular complexity index is 950. The number of rotatable bonds is 4. The van der Waals surface area contributed by atoms with E-state index in [1.54, 1.807) is 18.2 Å². The molecule has 0 saturated carbocycles. The average Bonchev–Trinajstić information content (AvgIpc) is 2.96. The average molecular weight is 421 g/mol. The van der Waals surface area contributed by atoms with E-state index >= 15 is 0 Å². The number of fused-ring (bicyclic) bond motifs is 1. The molecule has 24 heavy (non-hydrogen) atoms. The lowest BCUT2D eigenvalue weighted by Crippen LogP contribution is -2.15. The first-order chi connectivity index (χ1) is 11.6. The predicted octanol–water partition coefficient (Wildman–Crippen LogP) is 4.98. The molecule has 0 aliphatic rings. The molecule has 1 unspecified atom stereocenters. The first-order valence-corrected chi connectivity index (χ1v) is 9.10. The summed E-state index contributed by atoms with van der Waals surface area (Å²) in [4.78, 5) is 17.0. The van der Waals surface area contributed by atoms with E-state index < -0.39 is 5.38 Å². The number of carbonyl (C=O) groups excluding carboxylic acids is 1. The lowest BCUT2D eigenvalue weighted by molar-refractivity contribution is 0.102. The van der Waals surface area contributed by atoms with Crippen LogP contribution in [-0.2, 0) is 6.42 Å². The number of nitriles is 1. The summed E-state index contributed by atoms with van der Waals surface area (Å²) < 4.78 is 1.95. The minimum atomic E-state index is -0.668. The number of nitrogens with one attached hydrogen (secondary N) is 1. The van der Waals surface area contributed by atoms with Crippen molar-refractivity contribution in [3.63, 3.8) is 0 Å². The van der Waals surface area contributed by atoms with Crippen molar-refractivity contribution in [1.82, 2.24) is 4.98 Å². The number of aromatic nitrogens is 1. The molecular weight excluding hydrogens is 410 g/mol. The van der Waals surface area contributed by atoms with Gasteiger partial charge in [0, 0.05) is 16.5 Å². The highest BCUT2D eigenvalue weighted by Crippen LogP contribution is 2.29. The minimum Gasteiger partial charge on any atom is -0.298 e. The zero-order valence-electron chi connectivity index (χ0n) is 12.3. The summed E-state index contributed by atoms with van der Waals surface area (Å²) in [7, 11) is 0. The van der Waals surface area contributed by atoms with Crippen LogP contribution in [0, 0.1) is 11.3 Å². The highest BCUT2D eigenvalue weighted by Gasteiger charge is 2.15. The van der Waals surface area contributed by atoms with Crippen molar-refractivity contribution in [1.29, 1.82) is 5.26 Å². The highest BCUT2D eigenvalue weighted by molar-refractivity contribution is 9.10. The van der Waals surface area contributed by atoms with Crippen LogP contribution in [0.4, 0.5) is 5.13 Å². The van der Waals surface area contributed by atoms with E-state index in [2.05, 4.69) is 26.2 Å². The Hall–Kier alpha value is -1.94. The van der Waals surface area contributed by atoms with Gasteiger partial charge in [-0.2, -0.15) is 5.26 Å². The van der Waals surface area contributed by atoms with Gasteiger partial charge in [0.1, 0.15) is 5.38 Å². The number of hydrogen-bond donors (Lipinski definition) is 1. The fourth-order valence-corrected chi connectivity index (χ4v) is 3.85. The molecule has 120 valence electrons. The molecule has 3 rings (SSSR count). The molecular formula is C17H11BrClN3OS. The summed E-state index contributed by atoms with van der Waals surface area (Å²) in [6.07, 6.45) is 0.314. The van der Waals surface area contributed by atoms with Gasteiger partial charge in [-0.15, -0.1) is 11.6 Å². The highest BCUT2D eigenvalue weighted by atomic mass is 79.9. The van der Waals surface area contributed by atoms with Crippen LogP contribution in [0.3, 0.4) is 0 Å². The van der Waals surface area contributed by atoms with E-state index in [-0.39, 0.29) is 5.91 Å². The van der Waals surface area contributed by atoms with Gasteiger partial charge < -0.3 is 0 Å². The number of halogens is 2. The Morgan fingerprint density at radius 2 is 2.17 bits per heavy atom. The van der Waals surface area contributed by atoms with E-state index in [0.717, 1.165) is 20.3 Å². The number of thiazole rings is 1. The van der Waals surface area contributed by atoms with Gasteiger partial charge in [-0.3, -0.25) is 10.1 Å². The van der Waals surface area contributed by atoms with Crippen LogP contribution < -0.4 is 5.32 Å². The molecule has 3 aromatic rings. The second-order valence-corrected chi connectivity index (χ2v) is 7.52. The summed E-state index contributed by atoms with van der Waals surface area (Å²) >= 11 is 10.7. The van der Waals surface area contributed by atoms with Gasteiger partial charge in [-0.05, 0) is 29.8 Å². The number of carbonyl (C=O) groups is 1. The minimum absolute atomic E-state index is 0.259. The maximum atomic E-state index is 12.6. The Kier molecular flexibility index (Phi) is 5.14. The third-order valence-electron chi connectivity index (χ3n) is 3.37. The van der Waals surface area contributed by atoms with Crippen molar-refractivity contribution in [2.75, 3.05) is 5.32 Å². The second-order valence-electron chi connectivity index (χ2n) is 5.04. The molecule has 0 saturated heterocycles. The molecule has 0 aliphatic carbocycles. The van der Waals surface area contributed by atoms with Crippen LogP contribution in [-0.4, -0.2) is 16.3 Å². The van der Waals surface area contributed by atoms with Crippen LogP contribution in [0.2, 0.25) is 0 Å². The third-order valence-corrected chi connectivity index (χ3v) is 5.05. The van der Waals surface area contributed by atoms with Gasteiger partial charge in [0.2, 0.25) is 0 Å². The maximum Gasteiger partial charge on any atom is 0.257 e. The Balaban J connectivity index is 1.85. The zero-order chi connectivity index (χ0) is 17.1. The third kappa shape index (κ3) is 3.75. The summed E-state index contributed by atoms with van der Waals surface area (Å²) in [5.41, 5.74) is 2.07. The van der Waals surface area contributed by atoms with E-state index in [4.69, 9.17) is 16.9 Å². The van der Waals surface area contributed by atoms with Crippen molar-refractivity contribution in [2.24, 2.45) is 0 Å². The second kappa shape index (κ2) is 7.31. The topological polar surface area (TPSA) is 65.8 Å². The Morgan fingerprint density at radius 1 is 1.38 bits per heavy atom. The lowest BCUT2D eigenvalue weighted by atomic mass is 10.0. The van der Waals surface area contributed by atoms with E-state index in [1.807, 2.05) is 30.3 Å². The molecule has 2 aromatic carbocycles. The van der Waals surface area contributed by atoms with Crippen molar-refractivity contribution >= 4 is 60.1 Å². The first kappa shape index (κ1) is 16.9. The summed E-state index contributed by atoms with van der Waals surface area (Å²) in [6.45, 7) is 0. The van der Waals surface area contributed by atoms with Crippen molar-refractivity contribution in [3.05, 3.63) is 58.1 Å². The van der Waals surface area contributed by atoms with Gasteiger partial charge >= 0.3 is 0 Å². The number of benzene rings is 2. The molecule has 7 heteroatoms. The van der Waals surface area contributed by atoms with Gasteiger partial charge in [0.25, 0.3) is 5.91 Å². The summed E-state index contributed by atoms with van der Waals surface area (Å²) in [6, 6.07) is 14.9. The van der Waals surface area contributed by atoms with Crippen LogP contribution in [0.25, 0.3) is 10.2 Å². The van der Waals surface area contributed by atoms with Crippen molar-refractivity contribution in [3.8, 4) is 6.07 Å². The maximum absolute atomic E-state index is 12.6. The molecule has 1 amide bonds. The monoisotopic (exact) mass is 419 g/mol. The smallest absolute Gasteiger partial charge is 0.257 e. The fraction of sp³-hybridized carbons (Fsp3) is 0.118. The number of amides is 1. The van der Waals surface area contributed by atoms with Crippen LogP contribution in [0.15, 0.2) is 46.9 Å². The number of anilines is 1. The molecule has 0 spiro atoms. The van der Waals surface area contributed by atoms with Crippen LogP contribution in [0.1, 0.15) is 15.9 Å². The fourth-order valence-electron chi connectivity index (χ4n) is 2.27. The quantitative estimate of drug-likeness (QED) is 0.605. The van der Waals surface area contributed by atoms with Crippen LogP contribution >= 0.6 is 38.9 Å². The predicted molar refractivity (Wildman–Crippen MR) is 101 cm³/mol. The molecule has 1 aromatic heterocycles. The first-order valence-electron chi connectivity index (χ1n) is 7.06. The Labute approximate surface area is 156 Å². The Morgan fingerprint density at radius 3 is 2.96 bits per heavy atom. The van der Waals surface area contributed by atoms with Crippen LogP contribution in [0.5, 0.6) is 0 Å². The van der Waals surface area contributed by atoms with Gasteiger partial charge in [0.05, 0.1) is 16.3 Å². The molecule has 1 atom stereocenters. The number of hydrogen-bond acceptors (Lipinski definition) is 4. The summed E-state index contributed by atoms with van der Waals surface area (Å²) in [5.74, 6) is -0.259. The molecule has 0 aliphatic heterocycles. The number of alkyl halides is 1. The summed E-state index contributed by atoms with van der Waals surface area (Å²) in [5, 5.41) is 11.6. The van der Waals surface area contributed by atoms with Gasteiger partial charge in [0.15, 0.2) is 5.13 Å². The molecule has 1 N–H and O–H groups in total. The molecule has 1 heterocycles. The largest absolute Gasteiger partial charge is 0.298 e. The molecule has 0 radical (unpaired) electrons. The zero-order valence-corrected chi connectivity index (χ0v) is 15.5. The van der Waals surface area contributed by atoms with Crippen molar-refractivity contribution < 1.29 is 4.79 Å². The normalized spacial score (nSPS) is 11.9. The SMILES string of the molecule is N#CC(Cl)Cc1ccccc1C(=O)Nc1nc2ccc(Br)cc2s1. The molecule has 0 fully saturated rings. The van der Waals surface area contributed by atoms with E-state index in [9.17, 15) is 4.79 Å².